The van der Waals surface area contributed by atoms with Crippen molar-refractivity contribution in [1.29, 1.82) is 0 Å². The molecular weight excluding hydrogens is 578 g/mol. The Balaban J connectivity index is 0.000000501. The minimum absolute atomic E-state index is 0. The van der Waals surface area contributed by atoms with Crippen LogP contribution in [0.5, 0.6) is 0 Å². The number of aliphatic hydroxyl groups excluding tert-OH is 1. The molecule has 1 aromatic carbocycles. The smallest absolute Gasteiger partial charge is 0.391 e. The van der Waals surface area contributed by atoms with Gasteiger partial charge in [-0.05, 0) is 134 Å². The summed E-state index contributed by atoms with van der Waals surface area (Å²) in [5.74, 6) is 3.36. The Morgan fingerprint density at radius 3 is 1.37 bits per heavy atom. The van der Waals surface area contributed by atoms with E-state index < -0.39 is 22.2 Å². The number of nitrogens with one attached hydrogen (secondary N) is 1. The van der Waals surface area contributed by atoms with Crippen molar-refractivity contribution in [2.24, 2.45) is 0 Å². The SMILES string of the molecule is C[C]1[CH][CH][CH][C]1[C@@H](NS(=O)(=O)c1ccc(C)cc1)[C@@H](O)[C]1[CH][CH][CH][C]1C.[CH]1[CH][CH][CH][CH]1.[CH]1[CH][CH][CH][CH]1.[Fe+2].[Fe+2]. The molecule has 198 valence electrons. The third-order valence-electron chi connectivity index (χ3n) is 5.85. The summed E-state index contributed by atoms with van der Waals surface area (Å²) in [5, 5.41) is 11.0. The Morgan fingerprint density at radius 1 is 0.605 bits per heavy atom. The summed E-state index contributed by atoms with van der Waals surface area (Å²) in [5.41, 5.74) is 0.986. The van der Waals surface area contributed by atoms with E-state index in [1.807, 2.05) is 124 Å². The molecule has 1 aromatic rings. The Labute approximate surface area is 255 Å². The van der Waals surface area contributed by atoms with Crippen LogP contribution in [0.3, 0.4) is 0 Å². The van der Waals surface area contributed by atoms with E-state index in [0.717, 1.165) is 29.2 Å². The van der Waals surface area contributed by atoms with E-state index in [-0.39, 0.29) is 39.0 Å². The summed E-state index contributed by atoms with van der Waals surface area (Å²) in [7, 11) is -3.78. The molecule has 20 radical (unpaired) electrons. The first kappa shape index (κ1) is 36.2. The zero-order valence-electron chi connectivity index (χ0n) is 21.6. The Bertz CT molecular complexity index is 831. The number of hydrogen-bond donors (Lipinski definition) is 2. The molecule has 2 N–H and O–H groups in total. The van der Waals surface area contributed by atoms with Gasteiger partial charge >= 0.3 is 34.1 Å². The van der Waals surface area contributed by atoms with Crippen LogP contribution in [0.4, 0.5) is 0 Å². The van der Waals surface area contributed by atoms with E-state index in [2.05, 4.69) is 4.72 Å². The minimum atomic E-state index is -3.78. The van der Waals surface area contributed by atoms with Crippen LogP contribution in [0, 0.1) is 133 Å². The molecule has 38 heavy (non-hydrogen) atoms. The van der Waals surface area contributed by atoms with Crippen molar-refractivity contribution >= 4 is 10.0 Å². The molecule has 2 atom stereocenters. The van der Waals surface area contributed by atoms with Gasteiger partial charge in [0, 0.05) is 11.8 Å². The van der Waals surface area contributed by atoms with E-state index in [1.165, 1.54) is 0 Å². The van der Waals surface area contributed by atoms with Gasteiger partial charge in [-0.2, -0.15) is 0 Å². The van der Waals surface area contributed by atoms with Crippen molar-refractivity contribution in [3.63, 3.8) is 0 Å². The van der Waals surface area contributed by atoms with Gasteiger partial charge in [-0.15, -0.1) is 0 Å². The molecule has 7 heteroatoms. The maximum Gasteiger partial charge on any atom is 2.00 e. The first-order chi connectivity index (χ1) is 17.3. The molecule has 4 aliphatic carbocycles. The molecule has 0 heterocycles. The van der Waals surface area contributed by atoms with Crippen LogP contribution < -0.4 is 4.72 Å². The van der Waals surface area contributed by atoms with Gasteiger partial charge in [0.2, 0.25) is 10.0 Å². The van der Waals surface area contributed by atoms with Crippen LogP contribution in [0.15, 0.2) is 29.2 Å². The van der Waals surface area contributed by atoms with Gasteiger partial charge in [0.1, 0.15) is 0 Å². The molecule has 0 spiro atoms. The van der Waals surface area contributed by atoms with Crippen molar-refractivity contribution in [3.8, 4) is 0 Å². The molecule has 4 fully saturated rings. The predicted molar refractivity (Wildman–Crippen MR) is 144 cm³/mol. The topological polar surface area (TPSA) is 66.4 Å². The third-order valence-corrected chi connectivity index (χ3v) is 7.31. The van der Waals surface area contributed by atoms with Crippen LogP contribution in [-0.2, 0) is 44.2 Å². The van der Waals surface area contributed by atoms with Crippen LogP contribution in [0.2, 0.25) is 0 Å². The Hall–Kier alpha value is 0.129. The van der Waals surface area contributed by atoms with Crippen molar-refractivity contribution in [2.45, 2.75) is 37.8 Å². The second kappa shape index (κ2) is 18.5. The molecule has 0 bridgehead atoms. The second-order valence-corrected chi connectivity index (χ2v) is 10.3. The molecule has 0 unspecified atom stereocenters. The molecule has 0 aliphatic heterocycles. The summed E-state index contributed by atoms with van der Waals surface area (Å²) in [6.45, 7) is 5.72. The first-order valence-electron chi connectivity index (χ1n) is 11.8. The van der Waals surface area contributed by atoms with Crippen LogP contribution >= 0.6 is 0 Å². The summed E-state index contributed by atoms with van der Waals surface area (Å²) in [6, 6.07) is 5.90. The maximum atomic E-state index is 12.9. The zero-order valence-corrected chi connectivity index (χ0v) is 24.6. The average molecular weight is 611 g/mol. The quantitative estimate of drug-likeness (QED) is 0.462. The largest absolute Gasteiger partial charge is 2.00 e. The number of rotatable bonds is 6. The zero-order chi connectivity index (χ0) is 26.0. The fraction of sp³-hybridized carbons (Fsp3) is 0.161. The number of aryl methyl sites for hydroxylation is 1. The normalized spacial score (nSPS) is 22.4. The number of benzene rings is 1. The van der Waals surface area contributed by atoms with Gasteiger partial charge in [-0.1, -0.05) is 31.5 Å². The van der Waals surface area contributed by atoms with E-state index >= 15 is 0 Å². The monoisotopic (exact) mass is 611 g/mol. The van der Waals surface area contributed by atoms with Gasteiger partial charge in [0.25, 0.3) is 0 Å². The number of sulfonamides is 1. The summed E-state index contributed by atoms with van der Waals surface area (Å²) in [4.78, 5) is 0.184. The van der Waals surface area contributed by atoms with Gasteiger partial charge in [0.15, 0.2) is 0 Å². The Morgan fingerprint density at radius 2 is 1.00 bits per heavy atom. The summed E-state index contributed by atoms with van der Waals surface area (Å²) < 4.78 is 28.5. The number of aliphatic hydroxyl groups is 1. The Kier molecular flexibility index (Phi) is 17.6. The second-order valence-electron chi connectivity index (χ2n) is 8.61. The molecule has 0 saturated heterocycles. The van der Waals surface area contributed by atoms with Gasteiger partial charge in [-0.25, -0.2) is 13.1 Å². The van der Waals surface area contributed by atoms with E-state index in [9.17, 15) is 13.5 Å². The first-order valence-corrected chi connectivity index (χ1v) is 13.3. The average Bonchev–Trinajstić information content (AvgIpc) is 3.68. The number of hydrogen-bond acceptors (Lipinski definition) is 3. The molecule has 4 aliphatic rings. The van der Waals surface area contributed by atoms with Gasteiger partial charge in [0.05, 0.1) is 17.0 Å². The standard InChI is InChI=1S/C21H23NO3S.2C5H5.2Fe/c1-14-10-12-17(13-11-14)26(24,25)22-20(18-8-4-6-15(18)2)21(23)19-9-5-7-16(19)3;2*1-2-4-5-3-1;;/h4-13,20-23H,1-3H3;2*1-5H;;/q;;;2*+2/t20-,21+;;;;/m1..../s1. The van der Waals surface area contributed by atoms with Crippen molar-refractivity contribution in [3.05, 3.63) is 156 Å². The van der Waals surface area contributed by atoms with Crippen LogP contribution in [-0.4, -0.2) is 25.7 Å². The van der Waals surface area contributed by atoms with E-state index in [1.54, 1.807) is 24.3 Å². The van der Waals surface area contributed by atoms with Crippen LogP contribution in [0.25, 0.3) is 0 Å². The maximum absolute atomic E-state index is 12.9. The van der Waals surface area contributed by atoms with Crippen LogP contribution in [0.1, 0.15) is 19.4 Å². The van der Waals surface area contributed by atoms with Crippen molar-refractivity contribution < 1.29 is 47.7 Å². The third kappa shape index (κ3) is 11.2. The predicted octanol–water partition coefficient (Wildman–Crippen LogP) is 4.63. The van der Waals surface area contributed by atoms with Crippen molar-refractivity contribution in [1.82, 2.24) is 4.72 Å². The molecule has 4 nitrogen and oxygen atoms in total. The fourth-order valence-electron chi connectivity index (χ4n) is 3.80. The molecule has 5 rings (SSSR count). The minimum Gasteiger partial charge on any atom is -0.391 e. The van der Waals surface area contributed by atoms with Gasteiger partial charge < -0.3 is 5.11 Å². The fourth-order valence-corrected chi connectivity index (χ4v) is 5.02. The summed E-state index contributed by atoms with van der Waals surface area (Å²) >= 11 is 0. The molecule has 4 saturated carbocycles. The van der Waals surface area contributed by atoms with E-state index in [4.69, 9.17) is 0 Å². The van der Waals surface area contributed by atoms with Crippen molar-refractivity contribution in [2.75, 3.05) is 0 Å². The van der Waals surface area contributed by atoms with Gasteiger partial charge in [-0.3, -0.25) is 0 Å². The molecule has 0 amide bonds. The van der Waals surface area contributed by atoms with E-state index in [0.29, 0.717) is 0 Å². The molecular formula is C31H33Fe2NO3S+4. The summed E-state index contributed by atoms with van der Waals surface area (Å²) in [6.07, 6.45) is 30.2. The molecule has 0 aromatic heterocycles.